The number of carboxylic acid groups (broad SMARTS) is 1. The normalized spacial score (nSPS) is 23.6. The molecule has 1 aromatic carbocycles. The quantitative estimate of drug-likeness (QED) is 0.833. The van der Waals surface area contributed by atoms with Gasteiger partial charge >= 0.3 is 0 Å². The zero-order valence-corrected chi connectivity index (χ0v) is 13.6. The lowest BCUT2D eigenvalue weighted by atomic mass is 9.87. The van der Waals surface area contributed by atoms with Crippen molar-refractivity contribution >= 4 is 16.0 Å². The zero-order chi connectivity index (χ0) is 16.7. The van der Waals surface area contributed by atoms with E-state index in [0.717, 1.165) is 9.87 Å². The third-order valence-electron chi connectivity index (χ3n) is 3.83. The maximum absolute atomic E-state index is 12.6. The summed E-state index contributed by atoms with van der Waals surface area (Å²) in [6.07, 6.45) is -1.15. The summed E-state index contributed by atoms with van der Waals surface area (Å²) in [6.45, 7) is 5.81. The molecular weight excluding hydrogens is 306 g/mol. The van der Waals surface area contributed by atoms with Crippen LogP contribution in [0.2, 0.25) is 0 Å². The second kappa shape index (κ2) is 5.64. The fourth-order valence-electron chi connectivity index (χ4n) is 2.53. The largest absolute Gasteiger partial charge is 0.548 e. The first-order chi connectivity index (χ1) is 10.0. The van der Waals surface area contributed by atoms with Gasteiger partial charge in [0.05, 0.1) is 23.0 Å². The van der Waals surface area contributed by atoms with Crippen LogP contribution in [-0.2, 0) is 20.2 Å². The number of aliphatic hydroxyl groups excluding tert-OH is 1. The summed E-state index contributed by atoms with van der Waals surface area (Å²) in [6, 6.07) is 5.03. The first kappa shape index (κ1) is 16.9. The van der Waals surface area contributed by atoms with Gasteiger partial charge < -0.3 is 15.0 Å². The molecule has 22 heavy (non-hydrogen) atoms. The van der Waals surface area contributed by atoms with Gasteiger partial charge in [-0.3, -0.25) is 0 Å². The fraction of sp³-hybridized carbons (Fsp3) is 0.533. The highest BCUT2D eigenvalue weighted by Gasteiger charge is 2.40. The van der Waals surface area contributed by atoms with E-state index in [0.29, 0.717) is 0 Å². The number of aliphatic carboxylic acids is 1. The predicted molar refractivity (Wildman–Crippen MR) is 78.5 cm³/mol. The molecule has 2 rings (SSSR count). The molecule has 1 heterocycles. The number of β-amino-alcohol motifs (C(OH)–C–C–N with tert-alkyl or cyclic N) is 1. The number of carbonyl (C=O) groups is 1. The summed E-state index contributed by atoms with van der Waals surface area (Å²) < 4.78 is 26.0. The Bertz CT molecular complexity index is 660. The minimum atomic E-state index is -3.98. The van der Waals surface area contributed by atoms with Gasteiger partial charge in [-0.25, -0.2) is 8.42 Å². The van der Waals surface area contributed by atoms with E-state index in [4.69, 9.17) is 0 Å². The molecule has 1 fully saturated rings. The average Bonchev–Trinajstić information content (AvgIpc) is 2.81. The minimum Gasteiger partial charge on any atom is -0.548 e. The summed E-state index contributed by atoms with van der Waals surface area (Å²) in [4.78, 5) is 11.1. The van der Waals surface area contributed by atoms with Gasteiger partial charge in [0, 0.05) is 6.54 Å². The van der Waals surface area contributed by atoms with Crippen molar-refractivity contribution in [1.29, 1.82) is 0 Å². The fourth-order valence-corrected chi connectivity index (χ4v) is 4.15. The maximum atomic E-state index is 12.6. The maximum Gasteiger partial charge on any atom is 0.243 e. The van der Waals surface area contributed by atoms with Gasteiger partial charge in [0.2, 0.25) is 10.0 Å². The van der Waals surface area contributed by atoms with Crippen LogP contribution in [0.1, 0.15) is 32.8 Å². The monoisotopic (exact) mass is 326 g/mol. The molecule has 1 saturated heterocycles. The SMILES string of the molecule is CC(C)(C)c1ccc(S(=O)(=O)N2C[C@H](O)C[C@@H]2C(=O)[O-])cc1. The molecule has 0 aliphatic carbocycles. The summed E-state index contributed by atoms with van der Waals surface area (Å²) >= 11 is 0. The number of sulfonamides is 1. The molecule has 1 N–H and O–H groups in total. The van der Waals surface area contributed by atoms with E-state index in [-0.39, 0.29) is 23.3 Å². The number of aliphatic hydroxyl groups is 1. The highest BCUT2D eigenvalue weighted by atomic mass is 32.2. The first-order valence-electron chi connectivity index (χ1n) is 7.05. The molecule has 0 unspecified atom stereocenters. The van der Waals surface area contributed by atoms with Crippen LogP contribution >= 0.6 is 0 Å². The average molecular weight is 326 g/mol. The molecule has 0 radical (unpaired) electrons. The third kappa shape index (κ3) is 3.16. The Morgan fingerprint density at radius 3 is 2.27 bits per heavy atom. The van der Waals surface area contributed by atoms with Gasteiger partial charge in [-0.05, 0) is 29.5 Å². The summed E-state index contributed by atoms with van der Waals surface area (Å²) in [5, 5.41) is 20.7. The van der Waals surface area contributed by atoms with Crippen LogP contribution in [0.15, 0.2) is 29.2 Å². The molecule has 0 spiro atoms. The Hall–Kier alpha value is -1.44. The van der Waals surface area contributed by atoms with Gasteiger partial charge in [0.25, 0.3) is 0 Å². The molecule has 6 nitrogen and oxygen atoms in total. The molecule has 0 aromatic heterocycles. The smallest absolute Gasteiger partial charge is 0.243 e. The van der Waals surface area contributed by atoms with Crippen LogP contribution < -0.4 is 5.11 Å². The second-order valence-electron chi connectivity index (χ2n) is 6.57. The molecule has 1 aliphatic rings. The zero-order valence-electron chi connectivity index (χ0n) is 12.8. The molecule has 0 saturated carbocycles. The number of carbonyl (C=O) groups excluding carboxylic acids is 1. The second-order valence-corrected chi connectivity index (χ2v) is 8.46. The third-order valence-corrected chi connectivity index (χ3v) is 5.72. The minimum absolute atomic E-state index is 0.0147. The lowest BCUT2D eigenvalue weighted by Gasteiger charge is -2.25. The van der Waals surface area contributed by atoms with Crippen molar-refractivity contribution in [3.05, 3.63) is 29.8 Å². The molecular formula is C15H20NO5S-. The number of hydrogen-bond donors (Lipinski definition) is 1. The lowest BCUT2D eigenvalue weighted by Crippen LogP contribution is -2.46. The van der Waals surface area contributed by atoms with Crippen LogP contribution in [0.4, 0.5) is 0 Å². The van der Waals surface area contributed by atoms with E-state index in [1.165, 1.54) is 12.1 Å². The summed E-state index contributed by atoms with van der Waals surface area (Å²) in [5.41, 5.74) is 0.865. The number of carboxylic acids is 1. The molecule has 0 bridgehead atoms. The van der Waals surface area contributed by atoms with E-state index in [1.54, 1.807) is 12.1 Å². The van der Waals surface area contributed by atoms with E-state index in [9.17, 15) is 23.4 Å². The molecule has 2 atom stereocenters. The van der Waals surface area contributed by atoms with Crippen molar-refractivity contribution in [3.8, 4) is 0 Å². The Kier molecular flexibility index (Phi) is 4.34. The van der Waals surface area contributed by atoms with Crippen molar-refractivity contribution in [3.63, 3.8) is 0 Å². The standard InChI is InChI=1S/C15H21NO5S/c1-15(2,3)10-4-6-12(7-5-10)22(20,21)16-9-11(17)8-13(16)14(18)19/h4-7,11,13,17H,8-9H2,1-3H3,(H,18,19)/p-1/t11-,13-/m1/s1. The van der Waals surface area contributed by atoms with Crippen LogP contribution in [0.25, 0.3) is 0 Å². The molecule has 0 amide bonds. The highest BCUT2D eigenvalue weighted by molar-refractivity contribution is 7.89. The van der Waals surface area contributed by atoms with Crippen LogP contribution in [0, 0.1) is 0 Å². The van der Waals surface area contributed by atoms with Gasteiger partial charge in [0.15, 0.2) is 0 Å². The van der Waals surface area contributed by atoms with Crippen molar-refractivity contribution < 1.29 is 23.4 Å². The molecule has 1 aliphatic heterocycles. The summed E-state index contributed by atoms with van der Waals surface area (Å²) in [7, 11) is -3.98. The van der Waals surface area contributed by atoms with Gasteiger partial charge in [-0.1, -0.05) is 32.9 Å². The van der Waals surface area contributed by atoms with Crippen LogP contribution in [0.5, 0.6) is 0 Å². The number of benzene rings is 1. The Balaban J connectivity index is 2.36. The van der Waals surface area contributed by atoms with Crippen LogP contribution in [0.3, 0.4) is 0 Å². The van der Waals surface area contributed by atoms with Gasteiger partial charge in [0.1, 0.15) is 0 Å². The van der Waals surface area contributed by atoms with Gasteiger partial charge in [-0.15, -0.1) is 0 Å². The van der Waals surface area contributed by atoms with E-state index >= 15 is 0 Å². The first-order valence-corrected chi connectivity index (χ1v) is 8.49. The predicted octanol–water partition coefficient (Wildman–Crippen LogP) is -0.142. The van der Waals surface area contributed by atoms with E-state index in [1.807, 2.05) is 20.8 Å². The van der Waals surface area contributed by atoms with Crippen molar-refractivity contribution in [2.24, 2.45) is 0 Å². The van der Waals surface area contributed by atoms with E-state index in [2.05, 4.69) is 0 Å². The van der Waals surface area contributed by atoms with Gasteiger partial charge in [-0.2, -0.15) is 4.31 Å². The molecule has 7 heteroatoms. The number of rotatable bonds is 3. The highest BCUT2D eigenvalue weighted by Crippen LogP contribution is 2.28. The number of nitrogens with zero attached hydrogens (tertiary/aromatic N) is 1. The topological polar surface area (TPSA) is 97.7 Å². The van der Waals surface area contributed by atoms with Crippen molar-refractivity contribution in [2.75, 3.05) is 6.54 Å². The molecule has 122 valence electrons. The number of hydrogen-bond acceptors (Lipinski definition) is 5. The Labute approximate surface area is 130 Å². The Morgan fingerprint density at radius 1 is 1.27 bits per heavy atom. The van der Waals surface area contributed by atoms with Crippen LogP contribution in [-0.4, -0.2) is 42.5 Å². The Morgan fingerprint density at radius 2 is 1.82 bits per heavy atom. The van der Waals surface area contributed by atoms with Crippen molar-refractivity contribution in [1.82, 2.24) is 4.31 Å². The summed E-state index contributed by atoms with van der Waals surface area (Å²) in [5.74, 6) is -1.49. The van der Waals surface area contributed by atoms with E-state index < -0.39 is 28.1 Å². The van der Waals surface area contributed by atoms with Crippen molar-refractivity contribution in [2.45, 2.75) is 49.6 Å². The lowest BCUT2D eigenvalue weighted by molar-refractivity contribution is -0.309. The molecule has 1 aromatic rings.